The third kappa shape index (κ3) is 2.45. The summed E-state index contributed by atoms with van der Waals surface area (Å²) in [4.78, 5) is 15.6. The Kier molecular flexibility index (Phi) is 3.88. The quantitative estimate of drug-likeness (QED) is 0.866. The number of nitrogens with one attached hydrogen (secondary N) is 2. The van der Waals surface area contributed by atoms with Gasteiger partial charge in [0, 0.05) is 24.3 Å². The van der Waals surface area contributed by atoms with Crippen molar-refractivity contribution in [3.8, 4) is 0 Å². The zero-order chi connectivity index (χ0) is 10.6. The molecule has 0 spiro atoms. The lowest BCUT2D eigenvalue weighted by Crippen LogP contribution is -2.24. The SMILES string of the molecule is CCNC(=O)c1cc(Br)cnc1NC. The summed E-state index contributed by atoms with van der Waals surface area (Å²) in [6, 6.07) is 1.74. The molecule has 0 aliphatic rings. The molecule has 1 aromatic rings. The molecule has 0 fully saturated rings. The molecular formula is C9H12BrN3O. The Balaban J connectivity index is 3.03. The first kappa shape index (κ1) is 11.0. The molecule has 0 bridgehead atoms. The summed E-state index contributed by atoms with van der Waals surface area (Å²) in [5.41, 5.74) is 0.545. The number of pyridine rings is 1. The lowest BCUT2D eigenvalue weighted by molar-refractivity contribution is 0.0956. The van der Waals surface area contributed by atoms with Gasteiger partial charge in [-0.1, -0.05) is 0 Å². The summed E-state index contributed by atoms with van der Waals surface area (Å²) in [7, 11) is 1.74. The molecule has 1 heterocycles. The molecule has 0 atom stereocenters. The molecule has 0 saturated carbocycles. The van der Waals surface area contributed by atoms with Crippen molar-refractivity contribution in [1.82, 2.24) is 10.3 Å². The van der Waals surface area contributed by atoms with Gasteiger partial charge in [-0.2, -0.15) is 0 Å². The molecule has 0 aromatic carbocycles. The van der Waals surface area contributed by atoms with E-state index in [1.807, 2.05) is 6.92 Å². The Bertz CT molecular complexity index is 341. The lowest BCUT2D eigenvalue weighted by atomic mass is 10.2. The van der Waals surface area contributed by atoms with E-state index < -0.39 is 0 Å². The fourth-order valence-corrected chi connectivity index (χ4v) is 1.40. The number of amides is 1. The number of nitrogens with zero attached hydrogens (tertiary/aromatic N) is 1. The van der Waals surface area contributed by atoms with Crippen LogP contribution in [0.2, 0.25) is 0 Å². The number of carbonyl (C=O) groups is 1. The zero-order valence-corrected chi connectivity index (χ0v) is 9.68. The molecule has 0 radical (unpaired) electrons. The maximum absolute atomic E-state index is 11.6. The van der Waals surface area contributed by atoms with Gasteiger partial charge in [0.1, 0.15) is 5.82 Å². The third-order valence-electron chi connectivity index (χ3n) is 1.67. The Morgan fingerprint density at radius 2 is 2.36 bits per heavy atom. The minimum Gasteiger partial charge on any atom is -0.372 e. The van der Waals surface area contributed by atoms with Gasteiger partial charge in [-0.3, -0.25) is 4.79 Å². The van der Waals surface area contributed by atoms with Crippen LogP contribution in [0, 0.1) is 0 Å². The van der Waals surface area contributed by atoms with Gasteiger partial charge in [-0.15, -0.1) is 0 Å². The molecule has 1 amide bonds. The summed E-state index contributed by atoms with van der Waals surface area (Å²) >= 11 is 3.27. The minimum atomic E-state index is -0.120. The largest absolute Gasteiger partial charge is 0.372 e. The second-order valence-corrected chi connectivity index (χ2v) is 3.57. The van der Waals surface area contributed by atoms with Crippen LogP contribution in [0.4, 0.5) is 5.82 Å². The first-order valence-electron chi connectivity index (χ1n) is 4.30. The monoisotopic (exact) mass is 257 g/mol. The average molecular weight is 258 g/mol. The van der Waals surface area contributed by atoms with Crippen molar-refractivity contribution in [2.45, 2.75) is 6.92 Å². The topological polar surface area (TPSA) is 54.0 Å². The van der Waals surface area contributed by atoms with Gasteiger partial charge in [-0.05, 0) is 28.9 Å². The highest BCUT2D eigenvalue weighted by Crippen LogP contribution is 2.17. The average Bonchev–Trinajstić information content (AvgIpc) is 2.18. The highest BCUT2D eigenvalue weighted by molar-refractivity contribution is 9.10. The predicted octanol–water partition coefficient (Wildman–Crippen LogP) is 1.64. The minimum absolute atomic E-state index is 0.120. The van der Waals surface area contributed by atoms with Crippen molar-refractivity contribution < 1.29 is 4.79 Å². The summed E-state index contributed by atoms with van der Waals surface area (Å²) in [5.74, 6) is 0.463. The number of hydrogen-bond donors (Lipinski definition) is 2. The van der Waals surface area contributed by atoms with E-state index in [2.05, 4.69) is 31.5 Å². The zero-order valence-electron chi connectivity index (χ0n) is 8.10. The number of rotatable bonds is 3. The molecule has 4 nitrogen and oxygen atoms in total. The number of anilines is 1. The van der Waals surface area contributed by atoms with Crippen LogP contribution in [-0.2, 0) is 0 Å². The highest BCUT2D eigenvalue weighted by atomic mass is 79.9. The van der Waals surface area contributed by atoms with Crippen LogP contribution < -0.4 is 10.6 Å². The van der Waals surface area contributed by atoms with E-state index in [9.17, 15) is 4.79 Å². The van der Waals surface area contributed by atoms with E-state index in [1.54, 1.807) is 19.3 Å². The van der Waals surface area contributed by atoms with Crippen LogP contribution in [0.25, 0.3) is 0 Å². The standard InChI is InChI=1S/C9H12BrN3O/c1-3-12-9(14)7-4-6(10)5-13-8(7)11-2/h4-5H,3H2,1-2H3,(H,11,13)(H,12,14). The molecule has 76 valence electrons. The molecule has 0 unspecified atom stereocenters. The van der Waals surface area contributed by atoms with Crippen molar-refractivity contribution >= 4 is 27.7 Å². The number of aromatic nitrogens is 1. The van der Waals surface area contributed by atoms with Crippen LogP contribution in [-0.4, -0.2) is 24.5 Å². The number of carbonyl (C=O) groups excluding carboxylic acids is 1. The predicted molar refractivity (Wildman–Crippen MR) is 59.5 cm³/mol. The first-order valence-corrected chi connectivity index (χ1v) is 5.09. The third-order valence-corrected chi connectivity index (χ3v) is 2.11. The van der Waals surface area contributed by atoms with Crippen molar-refractivity contribution in [3.63, 3.8) is 0 Å². The molecule has 1 aromatic heterocycles. The molecule has 2 N–H and O–H groups in total. The van der Waals surface area contributed by atoms with E-state index in [1.165, 1.54) is 0 Å². The van der Waals surface area contributed by atoms with Gasteiger partial charge < -0.3 is 10.6 Å². The van der Waals surface area contributed by atoms with Gasteiger partial charge >= 0.3 is 0 Å². The molecule has 14 heavy (non-hydrogen) atoms. The van der Waals surface area contributed by atoms with Gasteiger partial charge in [-0.25, -0.2) is 4.98 Å². The Morgan fingerprint density at radius 3 is 2.93 bits per heavy atom. The summed E-state index contributed by atoms with van der Waals surface area (Å²) in [6.07, 6.45) is 1.65. The highest BCUT2D eigenvalue weighted by Gasteiger charge is 2.10. The first-order chi connectivity index (χ1) is 6.69. The van der Waals surface area contributed by atoms with Gasteiger partial charge in [0.2, 0.25) is 0 Å². The molecular weight excluding hydrogens is 246 g/mol. The van der Waals surface area contributed by atoms with Crippen LogP contribution >= 0.6 is 15.9 Å². The van der Waals surface area contributed by atoms with Gasteiger partial charge in [0.15, 0.2) is 0 Å². The number of hydrogen-bond acceptors (Lipinski definition) is 3. The lowest BCUT2D eigenvalue weighted by Gasteiger charge is -2.07. The molecule has 0 aliphatic heterocycles. The van der Waals surface area contributed by atoms with E-state index in [-0.39, 0.29) is 5.91 Å². The van der Waals surface area contributed by atoms with E-state index in [0.717, 1.165) is 4.47 Å². The Morgan fingerprint density at radius 1 is 1.64 bits per heavy atom. The fourth-order valence-electron chi connectivity index (χ4n) is 1.07. The number of halogens is 1. The van der Waals surface area contributed by atoms with Crippen molar-refractivity contribution in [1.29, 1.82) is 0 Å². The van der Waals surface area contributed by atoms with Crippen molar-refractivity contribution in [2.24, 2.45) is 0 Å². The van der Waals surface area contributed by atoms with E-state index >= 15 is 0 Å². The molecule has 0 aliphatic carbocycles. The molecule has 0 saturated heterocycles. The summed E-state index contributed by atoms with van der Waals surface area (Å²) in [5, 5.41) is 5.59. The molecule has 5 heteroatoms. The Labute approximate surface area is 91.2 Å². The second-order valence-electron chi connectivity index (χ2n) is 2.66. The van der Waals surface area contributed by atoms with Gasteiger partial charge in [0.05, 0.1) is 5.56 Å². The Hall–Kier alpha value is -1.10. The summed E-state index contributed by atoms with van der Waals surface area (Å²) in [6.45, 7) is 2.48. The van der Waals surface area contributed by atoms with Crippen LogP contribution in [0.15, 0.2) is 16.7 Å². The maximum Gasteiger partial charge on any atom is 0.255 e. The van der Waals surface area contributed by atoms with E-state index in [0.29, 0.717) is 17.9 Å². The molecule has 1 rings (SSSR count). The second kappa shape index (κ2) is 4.95. The smallest absolute Gasteiger partial charge is 0.255 e. The maximum atomic E-state index is 11.6. The van der Waals surface area contributed by atoms with E-state index in [4.69, 9.17) is 0 Å². The fraction of sp³-hybridized carbons (Fsp3) is 0.333. The van der Waals surface area contributed by atoms with Crippen LogP contribution in [0.1, 0.15) is 17.3 Å². The normalized spacial score (nSPS) is 9.64. The summed E-state index contributed by atoms with van der Waals surface area (Å²) < 4.78 is 0.790. The van der Waals surface area contributed by atoms with Crippen LogP contribution in [0.5, 0.6) is 0 Å². The van der Waals surface area contributed by atoms with Crippen molar-refractivity contribution in [2.75, 3.05) is 18.9 Å². The van der Waals surface area contributed by atoms with Gasteiger partial charge in [0.25, 0.3) is 5.91 Å². The van der Waals surface area contributed by atoms with Crippen molar-refractivity contribution in [3.05, 3.63) is 22.3 Å². The van der Waals surface area contributed by atoms with Crippen LogP contribution in [0.3, 0.4) is 0 Å².